The largest absolute Gasteiger partial charge is 0.500 e. The van der Waals surface area contributed by atoms with Crippen molar-refractivity contribution < 1.29 is 9.13 Å². The average Bonchev–Trinajstić information content (AvgIpc) is 2.38. The molecule has 86 valence electrons. The molecular weight excluding hydrogens is 214 g/mol. The second-order valence-electron chi connectivity index (χ2n) is 3.78. The molecule has 2 radical (unpaired) electrons. The monoisotopic (exact) mass is 227 g/mol. The third-order valence-electron chi connectivity index (χ3n) is 2.59. The Balaban J connectivity index is 2.11. The van der Waals surface area contributed by atoms with Crippen molar-refractivity contribution in [3.8, 4) is 5.75 Å². The molecule has 0 atom stereocenters. The van der Waals surface area contributed by atoms with E-state index in [4.69, 9.17) is 4.74 Å². The second-order valence-corrected chi connectivity index (χ2v) is 3.78. The molecule has 1 nitrogen and oxygen atoms in total. The van der Waals surface area contributed by atoms with Gasteiger partial charge in [-0.05, 0) is 12.1 Å². The van der Waals surface area contributed by atoms with Crippen LogP contribution in [0.25, 0.3) is 0 Å². The Labute approximate surface area is 101 Å². The first-order valence-corrected chi connectivity index (χ1v) is 5.50. The van der Waals surface area contributed by atoms with Crippen molar-refractivity contribution in [3.05, 3.63) is 59.9 Å². The highest BCUT2D eigenvalue weighted by Crippen LogP contribution is 2.08. The molecule has 17 heavy (non-hydrogen) atoms. The van der Waals surface area contributed by atoms with Crippen LogP contribution in [0.5, 0.6) is 5.75 Å². The number of hydrogen-bond donors (Lipinski definition) is 0. The van der Waals surface area contributed by atoms with Gasteiger partial charge in [0.05, 0.1) is 12.9 Å². The molecule has 0 heterocycles. The van der Waals surface area contributed by atoms with E-state index >= 15 is 0 Å². The first-order chi connectivity index (χ1) is 8.29. The maximum absolute atomic E-state index is 13.1. The molecule has 0 aromatic heterocycles. The standard InChI is InChI=1S/C14H13BFO/c1-17-14-8-7-12(16)9-13(14)15-10-11-5-3-2-4-6-11/h2-9H,10H2,1H3/q-1. The summed E-state index contributed by atoms with van der Waals surface area (Å²) in [4.78, 5) is 0. The zero-order valence-electron chi connectivity index (χ0n) is 9.69. The topological polar surface area (TPSA) is 9.23 Å². The van der Waals surface area contributed by atoms with E-state index < -0.39 is 0 Å². The van der Waals surface area contributed by atoms with Crippen LogP contribution in [0.3, 0.4) is 0 Å². The van der Waals surface area contributed by atoms with Crippen LogP contribution in [-0.2, 0) is 6.32 Å². The second kappa shape index (κ2) is 5.53. The maximum Gasteiger partial charge on any atom is 0.120 e. The number of hydrogen-bond acceptors (Lipinski definition) is 1. The van der Waals surface area contributed by atoms with Crippen LogP contribution in [0.2, 0.25) is 0 Å². The molecule has 2 aromatic carbocycles. The summed E-state index contributed by atoms with van der Waals surface area (Å²) in [6, 6.07) is 14.6. The van der Waals surface area contributed by atoms with Gasteiger partial charge in [-0.2, -0.15) is 0 Å². The van der Waals surface area contributed by atoms with E-state index in [2.05, 4.69) is 0 Å². The van der Waals surface area contributed by atoms with Gasteiger partial charge in [0, 0.05) is 0 Å². The van der Waals surface area contributed by atoms with E-state index in [0.29, 0.717) is 5.75 Å². The summed E-state index contributed by atoms with van der Waals surface area (Å²) < 4.78 is 18.3. The van der Waals surface area contributed by atoms with Crippen LogP contribution in [0.4, 0.5) is 4.39 Å². The van der Waals surface area contributed by atoms with Crippen molar-refractivity contribution in [3.63, 3.8) is 0 Å². The number of ether oxygens (including phenoxy) is 1. The van der Waals surface area contributed by atoms with E-state index in [-0.39, 0.29) is 5.82 Å². The Kier molecular flexibility index (Phi) is 3.81. The Hall–Kier alpha value is -1.77. The van der Waals surface area contributed by atoms with Crippen molar-refractivity contribution in [2.45, 2.75) is 6.32 Å². The van der Waals surface area contributed by atoms with Crippen LogP contribution >= 0.6 is 0 Å². The van der Waals surface area contributed by atoms with Crippen LogP contribution in [-0.4, -0.2) is 14.4 Å². The highest BCUT2D eigenvalue weighted by Gasteiger charge is 1.95. The van der Waals surface area contributed by atoms with Crippen molar-refractivity contribution in [2.24, 2.45) is 0 Å². The highest BCUT2D eigenvalue weighted by atomic mass is 19.1. The Bertz CT molecular complexity index is 485. The minimum Gasteiger partial charge on any atom is -0.500 e. The minimum atomic E-state index is -0.245. The molecule has 0 aliphatic rings. The van der Waals surface area contributed by atoms with Crippen molar-refractivity contribution in [1.29, 1.82) is 0 Å². The smallest absolute Gasteiger partial charge is 0.120 e. The molecule has 0 aliphatic carbocycles. The van der Waals surface area contributed by atoms with E-state index in [1.54, 1.807) is 13.2 Å². The average molecular weight is 227 g/mol. The minimum absolute atomic E-state index is 0.245. The van der Waals surface area contributed by atoms with E-state index in [9.17, 15) is 4.39 Å². The summed E-state index contributed by atoms with van der Waals surface area (Å²) in [6.45, 7) is 0. The molecule has 0 amide bonds. The van der Waals surface area contributed by atoms with Crippen molar-refractivity contribution in [1.82, 2.24) is 0 Å². The predicted molar refractivity (Wildman–Crippen MR) is 68.5 cm³/mol. The van der Waals surface area contributed by atoms with Gasteiger partial charge in [-0.25, -0.2) is 16.2 Å². The molecule has 0 aliphatic heterocycles. The van der Waals surface area contributed by atoms with Gasteiger partial charge in [0.15, 0.2) is 0 Å². The van der Waals surface area contributed by atoms with E-state index in [1.807, 2.05) is 37.6 Å². The van der Waals surface area contributed by atoms with Gasteiger partial charge in [0.1, 0.15) is 5.82 Å². The van der Waals surface area contributed by atoms with Gasteiger partial charge in [0.2, 0.25) is 0 Å². The summed E-state index contributed by atoms with van der Waals surface area (Å²) in [5.74, 6) is 0.451. The molecule has 0 N–H and O–H groups in total. The van der Waals surface area contributed by atoms with Gasteiger partial charge < -0.3 is 4.74 Å². The normalized spacial score (nSPS) is 10.2. The lowest BCUT2D eigenvalue weighted by molar-refractivity contribution is 0.417. The Morgan fingerprint density at radius 1 is 1.12 bits per heavy atom. The molecule has 0 saturated carbocycles. The van der Waals surface area contributed by atoms with E-state index in [1.165, 1.54) is 17.7 Å². The molecule has 3 heteroatoms. The number of halogens is 1. The maximum atomic E-state index is 13.1. The van der Waals surface area contributed by atoms with Gasteiger partial charge in [-0.15, -0.1) is 0 Å². The zero-order chi connectivity index (χ0) is 12.1. The summed E-state index contributed by atoms with van der Waals surface area (Å²) in [5, 5.41) is 0. The molecular formula is C14H13BFO-. The third kappa shape index (κ3) is 3.10. The van der Waals surface area contributed by atoms with E-state index in [0.717, 1.165) is 11.8 Å². The summed E-state index contributed by atoms with van der Waals surface area (Å²) >= 11 is 0. The Morgan fingerprint density at radius 2 is 1.88 bits per heavy atom. The number of benzene rings is 2. The highest BCUT2D eigenvalue weighted by molar-refractivity contribution is 6.54. The Morgan fingerprint density at radius 3 is 2.59 bits per heavy atom. The fourth-order valence-electron chi connectivity index (χ4n) is 1.71. The quantitative estimate of drug-likeness (QED) is 0.728. The third-order valence-corrected chi connectivity index (χ3v) is 2.59. The zero-order valence-corrected chi connectivity index (χ0v) is 9.69. The van der Waals surface area contributed by atoms with Crippen molar-refractivity contribution >= 4 is 12.7 Å². The van der Waals surface area contributed by atoms with Gasteiger partial charge in [0.25, 0.3) is 0 Å². The van der Waals surface area contributed by atoms with Gasteiger partial charge >= 0.3 is 0 Å². The SMILES string of the molecule is COc1ccc(F)cc1[B-]Cc1ccccc1. The van der Waals surface area contributed by atoms with Crippen LogP contribution in [0, 0.1) is 5.82 Å². The molecule has 0 fully saturated rings. The number of rotatable bonds is 4. The first-order valence-electron chi connectivity index (χ1n) is 5.50. The number of methoxy groups -OCH3 is 1. The fraction of sp³-hybridized carbons (Fsp3) is 0.143. The molecule has 0 spiro atoms. The summed E-state index contributed by atoms with van der Waals surface area (Å²) in [5.41, 5.74) is 1.98. The van der Waals surface area contributed by atoms with Crippen LogP contribution in [0.1, 0.15) is 5.56 Å². The lowest BCUT2D eigenvalue weighted by Crippen LogP contribution is -2.19. The molecule has 0 bridgehead atoms. The summed E-state index contributed by atoms with van der Waals surface area (Å²) in [7, 11) is 3.56. The lowest BCUT2D eigenvalue weighted by Gasteiger charge is -2.20. The molecule has 2 aromatic rings. The van der Waals surface area contributed by atoms with Gasteiger partial charge in [-0.3, -0.25) is 7.28 Å². The van der Waals surface area contributed by atoms with Crippen LogP contribution < -0.4 is 10.2 Å². The van der Waals surface area contributed by atoms with Crippen LogP contribution in [0.15, 0.2) is 48.5 Å². The lowest BCUT2D eigenvalue weighted by atomic mass is 9.65. The predicted octanol–water partition coefficient (Wildman–Crippen LogP) is 2.36. The summed E-state index contributed by atoms with van der Waals surface area (Å²) in [6.07, 6.45) is 0.765. The van der Waals surface area contributed by atoms with Crippen molar-refractivity contribution in [2.75, 3.05) is 7.11 Å². The fourth-order valence-corrected chi connectivity index (χ4v) is 1.71. The molecule has 0 unspecified atom stereocenters. The van der Waals surface area contributed by atoms with Gasteiger partial charge in [-0.1, -0.05) is 42.0 Å². The molecule has 2 rings (SSSR count). The first kappa shape index (κ1) is 11.7. The molecule has 0 saturated heterocycles.